The lowest BCUT2D eigenvalue weighted by Crippen LogP contribution is -2.41. The molecule has 0 aromatic heterocycles. The minimum atomic E-state index is -0.102. The highest BCUT2D eigenvalue weighted by molar-refractivity contribution is 5.92. The van der Waals surface area contributed by atoms with E-state index in [0.29, 0.717) is 13.2 Å². The van der Waals surface area contributed by atoms with Gasteiger partial charge in [0.1, 0.15) is 0 Å². The van der Waals surface area contributed by atoms with E-state index in [1.807, 2.05) is 19.1 Å². The number of piperidine rings is 2. The van der Waals surface area contributed by atoms with E-state index in [4.69, 9.17) is 4.74 Å². The van der Waals surface area contributed by atoms with Crippen LogP contribution in [0.1, 0.15) is 39.5 Å². The third kappa shape index (κ3) is 5.71. The van der Waals surface area contributed by atoms with Gasteiger partial charge in [-0.3, -0.25) is 14.5 Å². The molecule has 28 heavy (non-hydrogen) atoms. The van der Waals surface area contributed by atoms with Crippen molar-refractivity contribution in [3.8, 4) is 0 Å². The molecule has 1 aromatic rings. The van der Waals surface area contributed by atoms with E-state index in [2.05, 4.69) is 34.2 Å². The Morgan fingerprint density at radius 3 is 2.29 bits per heavy atom. The van der Waals surface area contributed by atoms with Gasteiger partial charge in [0.05, 0.1) is 19.1 Å². The first-order chi connectivity index (χ1) is 13.5. The first kappa shape index (κ1) is 20.6. The average Bonchev–Trinajstić information content (AvgIpc) is 2.70. The summed E-state index contributed by atoms with van der Waals surface area (Å²) in [6.07, 6.45) is 4.00. The van der Waals surface area contributed by atoms with Crippen molar-refractivity contribution in [1.82, 2.24) is 4.90 Å². The van der Waals surface area contributed by atoms with Crippen molar-refractivity contribution in [3.05, 3.63) is 24.3 Å². The number of hydrogen-bond donors (Lipinski definition) is 1. The molecule has 1 aromatic carbocycles. The van der Waals surface area contributed by atoms with Gasteiger partial charge in [0, 0.05) is 24.5 Å². The number of nitrogens with zero attached hydrogens (tertiary/aromatic N) is 2. The number of carbonyl (C=O) groups is 2. The Morgan fingerprint density at radius 1 is 1.04 bits per heavy atom. The van der Waals surface area contributed by atoms with E-state index in [1.54, 1.807) is 0 Å². The molecule has 0 bridgehead atoms. The Kier molecular flexibility index (Phi) is 7.31. The summed E-state index contributed by atoms with van der Waals surface area (Å²) < 4.78 is 5.10. The van der Waals surface area contributed by atoms with Crippen molar-refractivity contribution < 1.29 is 14.3 Å². The predicted molar refractivity (Wildman–Crippen MR) is 111 cm³/mol. The third-order valence-electron chi connectivity index (χ3n) is 5.87. The standard InChI is InChI=1S/C22H33N3O3/c1-3-28-22(27)18-10-12-24(13-11-18)16-21(26)23-19-4-6-20(7-5-19)25-14-8-17(2)9-15-25/h4-7,17-18H,3,8-16H2,1-2H3,(H,23,26). The lowest BCUT2D eigenvalue weighted by molar-refractivity contribution is -0.149. The maximum atomic E-state index is 12.4. The molecule has 2 aliphatic heterocycles. The first-order valence-electron chi connectivity index (χ1n) is 10.6. The zero-order chi connectivity index (χ0) is 19.9. The van der Waals surface area contributed by atoms with Crippen molar-refractivity contribution in [2.24, 2.45) is 11.8 Å². The number of anilines is 2. The van der Waals surface area contributed by atoms with Crippen LogP contribution in [0.4, 0.5) is 11.4 Å². The number of esters is 1. The summed E-state index contributed by atoms with van der Waals surface area (Å²) in [7, 11) is 0. The van der Waals surface area contributed by atoms with Gasteiger partial charge in [0.25, 0.3) is 0 Å². The van der Waals surface area contributed by atoms with Crippen LogP contribution in [0, 0.1) is 11.8 Å². The van der Waals surface area contributed by atoms with Crippen LogP contribution in [-0.4, -0.2) is 56.1 Å². The van der Waals surface area contributed by atoms with Crippen LogP contribution in [0.3, 0.4) is 0 Å². The highest BCUT2D eigenvalue weighted by Crippen LogP contribution is 2.24. The number of nitrogens with one attached hydrogen (secondary N) is 1. The van der Waals surface area contributed by atoms with Gasteiger partial charge in [0.2, 0.25) is 5.91 Å². The number of amides is 1. The van der Waals surface area contributed by atoms with Crippen molar-refractivity contribution in [1.29, 1.82) is 0 Å². The topological polar surface area (TPSA) is 61.9 Å². The highest BCUT2D eigenvalue weighted by Gasteiger charge is 2.26. The van der Waals surface area contributed by atoms with Crippen molar-refractivity contribution >= 4 is 23.3 Å². The molecule has 2 fully saturated rings. The van der Waals surface area contributed by atoms with Gasteiger partial charge in [-0.05, 0) is 75.9 Å². The molecule has 1 amide bonds. The summed E-state index contributed by atoms with van der Waals surface area (Å²) in [4.78, 5) is 28.7. The van der Waals surface area contributed by atoms with E-state index < -0.39 is 0 Å². The first-order valence-corrected chi connectivity index (χ1v) is 10.6. The number of hydrogen-bond acceptors (Lipinski definition) is 5. The Morgan fingerprint density at radius 2 is 1.68 bits per heavy atom. The largest absolute Gasteiger partial charge is 0.466 e. The minimum Gasteiger partial charge on any atom is -0.466 e. The number of benzene rings is 1. The molecule has 2 saturated heterocycles. The Hall–Kier alpha value is -2.08. The quantitative estimate of drug-likeness (QED) is 0.760. The van der Waals surface area contributed by atoms with E-state index in [9.17, 15) is 9.59 Å². The molecule has 154 valence electrons. The van der Waals surface area contributed by atoms with Gasteiger partial charge in [-0.25, -0.2) is 0 Å². The molecule has 0 aliphatic carbocycles. The SMILES string of the molecule is CCOC(=O)C1CCN(CC(=O)Nc2ccc(N3CCC(C)CC3)cc2)CC1. The van der Waals surface area contributed by atoms with Gasteiger partial charge in [-0.2, -0.15) is 0 Å². The average molecular weight is 388 g/mol. The summed E-state index contributed by atoms with van der Waals surface area (Å²) in [5, 5.41) is 2.99. The molecule has 6 heteroatoms. The number of likely N-dealkylation sites (tertiary alicyclic amines) is 1. The third-order valence-corrected chi connectivity index (χ3v) is 5.87. The summed E-state index contributed by atoms with van der Waals surface area (Å²) >= 11 is 0. The van der Waals surface area contributed by atoms with Crippen LogP contribution in [0.15, 0.2) is 24.3 Å². The van der Waals surface area contributed by atoms with Crippen molar-refractivity contribution in [2.75, 3.05) is 49.5 Å². The maximum absolute atomic E-state index is 12.4. The van der Waals surface area contributed by atoms with Crippen LogP contribution in [0.2, 0.25) is 0 Å². The number of ether oxygens (including phenoxy) is 1. The van der Waals surface area contributed by atoms with Crippen LogP contribution in [-0.2, 0) is 14.3 Å². The van der Waals surface area contributed by atoms with Gasteiger partial charge in [0.15, 0.2) is 0 Å². The normalized spacial score (nSPS) is 19.4. The van der Waals surface area contributed by atoms with E-state index in [0.717, 1.165) is 50.6 Å². The van der Waals surface area contributed by atoms with Gasteiger partial charge in [-0.1, -0.05) is 6.92 Å². The fourth-order valence-corrected chi connectivity index (χ4v) is 4.01. The summed E-state index contributed by atoms with van der Waals surface area (Å²) in [5.74, 6) is 0.686. The minimum absolute atomic E-state index is 0.00543. The predicted octanol–water partition coefficient (Wildman–Crippen LogP) is 3.14. The van der Waals surface area contributed by atoms with Crippen molar-refractivity contribution in [3.63, 3.8) is 0 Å². The lowest BCUT2D eigenvalue weighted by atomic mass is 9.97. The highest BCUT2D eigenvalue weighted by atomic mass is 16.5. The lowest BCUT2D eigenvalue weighted by Gasteiger charge is -2.32. The molecular weight excluding hydrogens is 354 g/mol. The zero-order valence-electron chi connectivity index (χ0n) is 17.2. The molecule has 1 N–H and O–H groups in total. The summed E-state index contributed by atoms with van der Waals surface area (Å²) in [6.45, 7) is 8.65. The van der Waals surface area contributed by atoms with Gasteiger partial charge >= 0.3 is 5.97 Å². The molecule has 0 unspecified atom stereocenters. The fraction of sp³-hybridized carbons (Fsp3) is 0.636. The van der Waals surface area contributed by atoms with E-state index in [1.165, 1.54) is 18.5 Å². The summed E-state index contributed by atoms with van der Waals surface area (Å²) in [5.41, 5.74) is 2.06. The van der Waals surface area contributed by atoms with Gasteiger partial charge < -0.3 is 15.0 Å². The monoisotopic (exact) mass is 387 g/mol. The smallest absolute Gasteiger partial charge is 0.309 e. The second kappa shape index (κ2) is 9.92. The molecule has 3 rings (SSSR count). The van der Waals surface area contributed by atoms with Crippen LogP contribution in [0.5, 0.6) is 0 Å². The molecular formula is C22H33N3O3. The second-order valence-electron chi connectivity index (χ2n) is 8.07. The molecule has 0 atom stereocenters. The molecule has 2 heterocycles. The molecule has 0 saturated carbocycles. The molecule has 2 aliphatic rings. The van der Waals surface area contributed by atoms with Gasteiger partial charge in [-0.15, -0.1) is 0 Å². The van der Waals surface area contributed by atoms with E-state index in [-0.39, 0.29) is 17.8 Å². The number of carbonyl (C=O) groups excluding carboxylic acids is 2. The molecule has 0 spiro atoms. The maximum Gasteiger partial charge on any atom is 0.309 e. The Labute approximate surface area is 168 Å². The van der Waals surface area contributed by atoms with E-state index >= 15 is 0 Å². The van der Waals surface area contributed by atoms with Crippen LogP contribution in [0.25, 0.3) is 0 Å². The number of rotatable bonds is 6. The second-order valence-corrected chi connectivity index (χ2v) is 8.07. The zero-order valence-corrected chi connectivity index (χ0v) is 17.2. The Bertz CT molecular complexity index is 645. The van der Waals surface area contributed by atoms with Crippen LogP contribution < -0.4 is 10.2 Å². The molecule has 0 radical (unpaired) electrons. The summed E-state index contributed by atoms with van der Waals surface area (Å²) in [6, 6.07) is 8.16. The Balaban J connectivity index is 1.42. The molecule has 6 nitrogen and oxygen atoms in total. The van der Waals surface area contributed by atoms with Crippen molar-refractivity contribution in [2.45, 2.75) is 39.5 Å². The fourth-order valence-electron chi connectivity index (χ4n) is 4.01. The van der Waals surface area contributed by atoms with Crippen LogP contribution >= 0.6 is 0 Å².